The van der Waals surface area contributed by atoms with Crippen LogP contribution in [0, 0.1) is 12.8 Å². The van der Waals surface area contributed by atoms with Crippen molar-refractivity contribution in [2.75, 3.05) is 25.0 Å². The smallest absolute Gasteiger partial charge is 0.313 e. The Bertz CT molecular complexity index is 737. The fourth-order valence-corrected chi connectivity index (χ4v) is 3.93. The third-order valence-corrected chi connectivity index (χ3v) is 5.68. The number of benzene rings is 1. The molecule has 0 unspecified atom stereocenters. The highest BCUT2D eigenvalue weighted by atomic mass is 32.1. The van der Waals surface area contributed by atoms with E-state index in [0.29, 0.717) is 18.2 Å². The standard InChI is InChI=1S/C20H25N3O2S/c1-15-5-2-3-7-18(15)22-20(25)19(24)21-13-16-8-10-23(11-9-16)14-17-6-4-12-26-17/h2-7,12,16H,8-11,13-14H2,1H3,(H,21,24)(H,22,25). The quantitative estimate of drug-likeness (QED) is 0.794. The highest BCUT2D eigenvalue weighted by molar-refractivity contribution is 7.09. The fourth-order valence-electron chi connectivity index (χ4n) is 3.18. The van der Waals surface area contributed by atoms with Gasteiger partial charge in [-0.25, -0.2) is 0 Å². The number of piperidine rings is 1. The van der Waals surface area contributed by atoms with Crippen molar-refractivity contribution in [3.8, 4) is 0 Å². The number of hydrogen-bond acceptors (Lipinski definition) is 4. The summed E-state index contributed by atoms with van der Waals surface area (Å²) in [5.41, 5.74) is 1.61. The first-order valence-electron chi connectivity index (χ1n) is 9.01. The van der Waals surface area contributed by atoms with Crippen LogP contribution in [0.2, 0.25) is 0 Å². The Morgan fingerprint density at radius 3 is 2.58 bits per heavy atom. The second-order valence-corrected chi connectivity index (χ2v) is 7.81. The third-order valence-electron chi connectivity index (χ3n) is 4.82. The van der Waals surface area contributed by atoms with Crippen molar-refractivity contribution in [3.63, 3.8) is 0 Å². The predicted molar refractivity (Wildman–Crippen MR) is 105 cm³/mol. The molecule has 1 aromatic heterocycles. The zero-order valence-corrected chi connectivity index (χ0v) is 15.8. The first kappa shape index (κ1) is 18.6. The number of para-hydroxylation sites is 1. The molecule has 2 aromatic rings. The van der Waals surface area contributed by atoms with Crippen LogP contribution in [-0.4, -0.2) is 36.3 Å². The number of carbonyl (C=O) groups excluding carboxylic acids is 2. The largest absolute Gasteiger partial charge is 0.348 e. The average Bonchev–Trinajstić information content (AvgIpc) is 3.16. The van der Waals surface area contributed by atoms with E-state index >= 15 is 0 Å². The average molecular weight is 372 g/mol. The van der Waals surface area contributed by atoms with Crippen LogP contribution in [0.15, 0.2) is 41.8 Å². The number of amides is 2. The number of nitrogens with zero attached hydrogens (tertiary/aromatic N) is 1. The maximum atomic E-state index is 12.0. The zero-order valence-electron chi connectivity index (χ0n) is 15.0. The summed E-state index contributed by atoms with van der Waals surface area (Å²) in [5, 5.41) is 7.57. The van der Waals surface area contributed by atoms with Crippen molar-refractivity contribution in [1.29, 1.82) is 0 Å². The van der Waals surface area contributed by atoms with Crippen molar-refractivity contribution in [3.05, 3.63) is 52.2 Å². The number of hydrogen-bond donors (Lipinski definition) is 2. The van der Waals surface area contributed by atoms with E-state index in [1.807, 2.05) is 25.1 Å². The molecule has 2 heterocycles. The summed E-state index contributed by atoms with van der Waals surface area (Å²) in [5.74, 6) is -0.728. The van der Waals surface area contributed by atoms with Gasteiger partial charge in [-0.1, -0.05) is 24.3 Å². The van der Waals surface area contributed by atoms with Crippen molar-refractivity contribution < 1.29 is 9.59 Å². The van der Waals surface area contributed by atoms with Gasteiger partial charge in [-0.05, 0) is 61.8 Å². The second-order valence-electron chi connectivity index (χ2n) is 6.78. The third kappa shape index (κ3) is 5.16. The van der Waals surface area contributed by atoms with E-state index < -0.39 is 11.8 Å². The Morgan fingerprint density at radius 2 is 1.88 bits per heavy atom. The van der Waals surface area contributed by atoms with Gasteiger partial charge in [0.05, 0.1) is 0 Å². The van der Waals surface area contributed by atoms with Crippen LogP contribution < -0.4 is 10.6 Å². The molecule has 0 spiro atoms. The van der Waals surface area contributed by atoms with E-state index in [1.54, 1.807) is 17.4 Å². The number of likely N-dealkylation sites (tertiary alicyclic amines) is 1. The minimum absolute atomic E-state index is 0.435. The summed E-state index contributed by atoms with van der Waals surface area (Å²) >= 11 is 1.79. The van der Waals surface area contributed by atoms with Crippen LogP contribution in [-0.2, 0) is 16.1 Å². The van der Waals surface area contributed by atoms with Crippen LogP contribution >= 0.6 is 11.3 Å². The van der Waals surface area contributed by atoms with Crippen LogP contribution in [0.1, 0.15) is 23.3 Å². The van der Waals surface area contributed by atoms with Gasteiger partial charge in [0, 0.05) is 23.7 Å². The summed E-state index contributed by atoms with van der Waals surface area (Å²) in [6, 6.07) is 11.7. The normalized spacial score (nSPS) is 15.6. The molecular weight excluding hydrogens is 346 g/mol. The molecule has 0 bridgehead atoms. The van der Waals surface area contributed by atoms with E-state index in [1.165, 1.54) is 4.88 Å². The number of thiophene rings is 1. The maximum Gasteiger partial charge on any atom is 0.313 e. The van der Waals surface area contributed by atoms with Crippen LogP contribution in [0.3, 0.4) is 0 Å². The highest BCUT2D eigenvalue weighted by Gasteiger charge is 2.21. The van der Waals surface area contributed by atoms with Crippen molar-refractivity contribution in [2.45, 2.75) is 26.3 Å². The summed E-state index contributed by atoms with van der Waals surface area (Å²) < 4.78 is 0. The van der Waals surface area contributed by atoms with Gasteiger partial charge in [-0.3, -0.25) is 14.5 Å². The first-order chi connectivity index (χ1) is 12.6. The van der Waals surface area contributed by atoms with Gasteiger partial charge in [0.15, 0.2) is 0 Å². The molecule has 0 saturated carbocycles. The minimum Gasteiger partial charge on any atom is -0.348 e. The number of aryl methyl sites for hydroxylation is 1. The second kappa shape index (κ2) is 8.96. The van der Waals surface area contributed by atoms with E-state index in [2.05, 4.69) is 33.0 Å². The molecule has 2 N–H and O–H groups in total. The molecule has 1 saturated heterocycles. The lowest BCUT2D eigenvalue weighted by molar-refractivity contribution is -0.136. The summed E-state index contributed by atoms with van der Waals surface area (Å²) in [7, 11) is 0. The number of nitrogens with one attached hydrogen (secondary N) is 2. The first-order valence-corrected chi connectivity index (χ1v) is 9.89. The van der Waals surface area contributed by atoms with Gasteiger partial charge in [0.1, 0.15) is 0 Å². The molecule has 1 aliphatic heterocycles. The molecule has 1 aromatic carbocycles. The lowest BCUT2D eigenvalue weighted by Gasteiger charge is -2.31. The fraction of sp³-hybridized carbons (Fsp3) is 0.400. The lowest BCUT2D eigenvalue weighted by Crippen LogP contribution is -2.41. The molecule has 5 nitrogen and oxygen atoms in total. The molecule has 1 fully saturated rings. The SMILES string of the molecule is Cc1ccccc1NC(=O)C(=O)NCC1CCN(Cc2cccs2)CC1. The Morgan fingerprint density at radius 1 is 1.12 bits per heavy atom. The van der Waals surface area contributed by atoms with Crippen LogP contribution in [0.4, 0.5) is 5.69 Å². The van der Waals surface area contributed by atoms with E-state index in [4.69, 9.17) is 0 Å². The number of rotatable bonds is 5. The zero-order chi connectivity index (χ0) is 18.4. The molecule has 26 heavy (non-hydrogen) atoms. The Kier molecular flexibility index (Phi) is 6.41. The Hall–Kier alpha value is -2.18. The lowest BCUT2D eigenvalue weighted by atomic mass is 9.97. The predicted octanol–water partition coefficient (Wildman–Crippen LogP) is 3.02. The van der Waals surface area contributed by atoms with Gasteiger partial charge in [0.2, 0.25) is 0 Å². The van der Waals surface area contributed by atoms with Crippen molar-refractivity contribution >= 4 is 28.8 Å². The summed E-state index contributed by atoms with van der Waals surface area (Å²) in [4.78, 5) is 27.9. The molecular formula is C20H25N3O2S. The monoisotopic (exact) mass is 371 g/mol. The molecule has 138 valence electrons. The molecule has 1 aliphatic rings. The van der Waals surface area contributed by atoms with Crippen LogP contribution in [0.5, 0.6) is 0 Å². The number of carbonyl (C=O) groups is 2. The Balaban J connectivity index is 1.38. The van der Waals surface area contributed by atoms with Gasteiger partial charge < -0.3 is 10.6 Å². The topological polar surface area (TPSA) is 61.4 Å². The molecule has 6 heteroatoms. The summed E-state index contributed by atoms with van der Waals surface area (Å²) in [6.45, 7) is 5.54. The summed E-state index contributed by atoms with van der Waals surface area (Å²) in [6.07, 6.45) is 2.09. The van der Waals surface area contributed by atoms with E-state index in [9.17, 15) is 9.59 Å². The highest BCUT2D eigenvalue weighted by Crippen LogP contribution is 2.20. The minimum atomic E-state index is -0.602. The van der Waals surface area contributed by atoms with E-state index in [-0.39, 0.29) is 0 Å². The molecule has 0 radical (unpaired) electrons. The Labute approximate surface area is 158 Å². The molecule has 0 atom stereocenters. The molecule has 0 aliphatic carbocycles. The molecule has 3 rings (SSSR count). The van der Waals surface area contributed by atoms with Gasteiger partial charge in [0.25, 0.3) is 0 Å². The van der Waals surface area contributed by atoms with Gasteiger partial charge >= 0.3 is 11.8 Å². The van der Waals surface area contributed by atoms with E-state index in [0.717, 1.165) is 38.0 Å². The van der Waals surface area contributed by atoms with Gasteiger partial charge in [-0.2, -0.15) is 0 Å². The van der Waals surface area contributed by atoms with Crippen molar-refractivity contribution in [1.82, 2.24) is 10.2 Å². The maximum absolute atomic E-state index is 12.0. The number of anilines is 1. The molecule has 2 amide bonds. The van der Waals surface area contributed by atoms with Gasteiger partial charge in [-0.15, -0.1) is 11.3 Å². The van der Waals surface area contributed by atoms with Crippen molar-refractivity contribution in [2.24, 2.45) is 5.92 Å². The van der Waals surface area contributed by atoms with Crippen LogP contribution in [0.25, 0.3) is 0 Å².